The molecule has 4 aromatic rings. The number of benzene rings is 3. The van der Waals surface area contributed by atoms with Gasteiger partial charge in [-0.15, -0.1) is 0 Å². The van der Waals surface area contributed by atoms with Gasteiger partial charge in [-0.2, -0.15) is 0 Å². The third-order valence-electron chi connectivity index (χ3n) is 5.16. The van der Waals surface area contributed by atoms with E-state index >= 15 is 0 Å². The quantitative estimate of drug-likeness (QED) is 0.413. The average Bonchev–Trinajstić information content (AvgIpc) is 2.74. The van der Waals surface area contributed by atoms with Crippen molar-refractivity contribution in [3.8, 4) is 0 Å². The van der Waals surface area contributed by atoms with Gasteiger partial charge in [-0.3, -0.25) is 14.7 Å². The molecule has 0 aliphatic heterocycles. The summed E-state index contributed by atoms with van der Waals surface area (Å²) >= 11 is 0. The van der Waals surface area contributed by atoms with Gasteiger partial charge in [-0.1, -0.05) is 42.0 Å². The lowest BCUT2D eigenvalue weighted by Crippen LogP contribution is -2.14. The molecule has 6 heteroatoms. The van der Waals surface area contributed by atoms with Crippen LogP contribution in [0.3, 0.4) is 0 Å². The van der Waals surface area contributed by atoms with Gasteiger partial charge >= 0.3 is 0 Å². The summed E-state index contributed by atoms with van der Waals surface area (Å²) in [5.41, 5.74) is 5.98. The fourth-order valence-electron chi connectivity index (χ4n) is 3.42. The van der Waals surface area contributed by atoms with E-state index in [1.165, 1.54) is 0 Å². The van der Waals surface area contributed by atoms with Crippen molar-refractivity contribution in [2.45, 2.75) is 25.7 Å². The van der Waals surface area contributed by atoms with Gasteiger partial charge in [0.05, 0.1) is 21.8 Å². The van der Waals surface area contributed by atoms with Crippen molar-refractivity contribution < 1.29 is 8.42 Å². The van der Waals surface area contributed by atoms with Crippen LogP contribution in [0.2, 0.25) is 0 Å². The standard InChI is InChI=1S/C25H23N3O2S/c1-17-8-11-21(12-9-17)31(29,30)28-22-7-5-4-6-20(22)16-27-25-19(3)10-13-23-24(25)18(2)14-15-26-23/h4-16,28H,1-3H3. The number of aromatic nitrogens is 1. The lowest BCUT2D eigenvalue weighted by Gasteiger charge is -2.11. The van der Waals surface area contributed by atoms with E-state index in [9.17, 15) is 8.42 Å². The summed E-state index contributed by atoms with van der Waals surface area (Å²) in [5.74, 6) is 0. The lowest BCUT2D eigenvalue weighted by atomic mass is 10.0. The highest BCUT2D eigenvalue weighted by Gasteiger charge is 2.15. The molecule has 0 spiro atoms. The maximum Gasteiger partial charge on any atom is 0.261 e. The van der Waals surface area contributed by atoms with Gasteiger partial charge < -0.3 is 0 Å². The number of hydrogen-bond donors (Lipinski definition) is 1. The highest BCUT2D eigenvalue weighted by Crippen LogP contribution is 2.31. The van der Waals surface area contributed by atoms with Crippen LogP contribution in [-0.4, -0.2) is 19.6 Å². The van der Waals surface area contributed by atoms with Gasteiger partial charge in [0.15, 0.2) is 0 Å². The maximum absolute atomic E-state index is 12.8. The second-order valence-corrected chi connectivity index (χ2v) is 9.20. The van der Waals surface area contributed by atoms with Gasteiger partial charge in [0.2, 0.25) is 0 Å². The SMILES string of the molecule is Cc1ccc(S(=O)(=O)Nc2ccccc2C=Nc2c(C)ccc3nccc(C)c23)cc1. The molecular weight excluding hydrogens is 406 g/mol. The fraction of sp³-hybridized carbons (Fsp3) is 0.120. The van der Waals surface area contributed by atoms with Gasteiger partial charge in [-0.05, 0) is 62.2 Å². The highest BCUT2D eigenvalue weighted by molar-refractivity contribution is 7.92. The molecule has 1 aromatic heterocycles. The van der Waals surface area contributed by atoms with E-state index in [-0.39, 0.29) is 4.90 Å². The average molecular weight is 430 g/mol. The Morgan fingerprint density at radius 1 is 0.871 bits per heavy atom. The van der Waals surface area contributed by atoms with Crippen LogP contribution in [0.4, 0.5) is 11.4 Å². The van der Waals surface area contributed by atoms with E-state index in [1.54, 1.807) is 48.8 Å². The monoisotopic (exact) mass is 429 g/mol. The van der Waals surface area contributed by atoms with Crippen molar-refractivity contribution in [3.05, 3.63) is 95.2 Å². The molecule has 1 heterocycles. The number of nitrogens with zero attached hydrogens (tertiary/aromatic N) is 2. The number of pyridine rings is 1. The Kier molecular flexibility index (Phi) is 5.57. The number of sulfonamides is 1. The molecule has 0 bridgehead atoms. The second kappa shape index (κ2) is 8.32. The minimum absolute atomic E-state index is 0.219. The Morgan fingerprint density at radius 2 is 1.61 bits per heavy atom. The van der Waals surface area contributed by atoms with E-state index in [1.807, 2.05) is 51.1 Å². The zero-order valence-electron chi connectivity index (χ0n) is 17.6. The van der Waals surface area contributed by atoms with Crippen molar-refractivity contribution >= 4 is 38.5 Å². The number of para-hydroxylation sites is 1. The van der Waals surface area contributed by atoms with Crippen LogP contribution in [-0.2, 0) is 10.0 Å². The molecule has 4 rings (SSSR count). The van der Waals surface area contributed by atoms with E-state index < -0.39 is 10.0 Å². The normalized spacial score (nSPS) is 11.8. The number of anilines is 1. The summed E-state index contributed by atoms with van der Waals surface area (Å²) in [6.45, 7) is 5.96. The molecule has 0 saturated carbocycles. The summed E-state index contributed by atoms with van der Waals surface area (Å²) in [6, 6.07) is 19.9. The van der Waals surface area contributed by atoms with Crippen molar-refractivity contribution in [3.63, 3.8) is 0 Å². The van der Waals surface area contributed by atoms with Crippen LogP contribution < -0.4 is 4.72 Å². The van der Waals surface area contributed by atoms with Gasteiger partial charge in [-0.25, -0.2) is 8.42 Å². The van der Waals surface area contributed by atoms with Crippen molar-refractivity contribution in [2.75, 3.05) is 4.72 Å². The van der Waals surface area contributed by atoms with Crippen molar-refractivity contribution in [2.24, 2.45) is 4.99 Å². The summed E-state index contributed by atoms with van der Waals surface area (Å²) in [4.78, 5) is 9.40. The third-order valence-corrected chi connectivity index (χ3v) is 6.54. The zero-order valence-corrected chi connectivity index (χ0v) is 18.4. The largest absolute Gasteiger partial charge is 0.279 e. The first kappa shape index (κ1) is 20.8. The zero-order chi connectivity index (χ0) is 22.0. The number of rotatable bonds is 5. The molecule has 0 atom stereocenters. The number of nitrogens with one attached hydrogen (secondary N) is 1. The number of aryl methyl sites for hydroxylation is 3. The molecule has 1 N–H and O–H groups in total. The van der Waals surface area contributed by atoms with Gasteiger partial charge in [0, 0.05) is 23.4 Å². The topological polar surface area (TPSA) is 71.4 Å². The van der Waals surface area contributed by atoms with Crippen molar-refractivity contribution in [1.82, 2.24) is 4.98 Å². The lowest BCUT2D eigenvalue weighted by molar-refractivity contribution is 0.601. The molecule has 5 nitrogen and oxygen atoms in total. The second-order valence-electron chi connectivity index (χ2n) is 7.52. The van der Waals surface area contributed by atoms with Crippen LogP contribution in [0.25, 0.3) is 10.9 Å². The summed E-state index contributed by atoms with van der Waals surface area (Å²) in [6.07, 6.45) is 3.48. The first-order valence-electron chi connectivity index (χ1n) is 9.93. The molecule has 3 aromatic carbocycles. The number of aliphatic imine (C=N–C) groups is 1. The molecule has 156 valence electrons. The predicted octanol–water partition coefficient (Wildman–Crippen LogP) is 5.71. The summed E-state index contributed by atoms with van der Waals surface area (Å²) in [5, 5.41) is 0.997. The minimum Gasteiger partial charge on any atom is -0.279 e. The summed E-state index contributed by atoms with van der Waals surface area (Å²) in [7, 11) is -3.71. The first-order valence-corrected chi connectivity index (χ1v) is 11.4. The van der Waals surface area contributed by atoms with Gasteiger partial charge in [0.1, 0.15) is 0 Å². The van der Waals surface area contributed by atoms with Crippen LogP contribution in [0.1, 0.15) is 22.3 Å². The van der Waals surface area contributed by atoms with E-state index in [0.29, 0.717) is 11.3 Å². The summed E-state index contributed by atoms with van der Waals surface area (Å²) < 4.78 is 28.4. The van der Waals surface area contributed by atoms with E-state index in [4.69, 9.17) is 4.99 Å². The van der Waals surface area contributed by atoms with Crippen LogP contribution >= 0.6 is 0 Å². The molecule has 0 aliphatic carbocycles. The molecule has 0 amide bonds. The number of fused-ring (bicyclic) bond motifs is 1. The fourth-order valence-corrected chi connectivity index (χ4v) is 4.51. The maximum atomic E-state index is 12.8. The molecular formula is C25H23N3O2S. The molecule has 0 saturated heterocycles. The Morgan fingerprint density at radius 3 is 2.39 bits per heavy atom. The Balaban J connectivity index is 1.72. The van der Waals surface area contributed by atoms with Crippen LogP contribution in [0, 0.1) is 20.8 Å². The molecule has 0 unspecified atom stereocenters. The predicted molar refractivity (Wildman–Crippen MR) is 127 cm³/mol. The van der Waals surface area contributed by atoms with Crippen LogP contribution in [0.5, 0.6) is 0 Å². The highest BCUT2D eigenvalue weighted by atomic mass is 32.2. The smallest absolute Gasteiger partial charge is 0.261 e. The van der Waals surface area contributed by atoms with Gasteiger partial charge in [0.25, 0.3) is 10.0 Å². The third kappa shape index (κ3) is 4.34. The van der Waals surface area contributed by atoms with E-state index in [0.717, 1.165) is 33.3 Å². The minimum atomic E-state index is -3.71. The molecule has 0 radical (unpaired) electrons. The Hall–Kier alpha value is -3.51. The Bertz CT molecular complexity index is 1390. The molecule has 0 fully saturated rings. The van der Waals surface area contributed by atoms with Crippen LogP contribution in [0.15, 0.2) is 82.8 Å². The number of hydrogen-bond acceptors (Lipinski definition) is 4. The van der Waals surface area contributed by atoms with E-state index in [2.05, 4.69) is 9.71 Å². The first-order chi connectivity index (χ1) is 14.8. The molecule has 31 heavy (non-hydrogen) atoms. The van der Waals surface area contributed by atoms with Crippen molar-refractivity contribution in [1.29, 1.82) is 0 Å². The Labute approximate surface area is 182 Å². The molecule has 0 aliphatic rings.